The summed E-state index contributed by atoms with van der Waals surface area (Å²) in [5.41, 5.74) is 1.40. The number of hydrogen-bond donors (Lipinski definition) is 1. The molecular weight excluding hydrogens is 353 g/mol. The first-order chi connectivity index (χ1) is 9.86. The molecule has 1 atom stereocenters. The van der Waals surface area contributed by atoms with Crippen LogP contribution in [0.2, 0.25) is 0 Å². The minimum Gasteiger partial charge on any atom is -0.306 e. The zero-order valence-corrected chi connectivity index (χ0v) is 15.0. The van der Waals surface area contributed by atoms with E-state index < -0.39 is 0 Å². The van der Waals surface area contributed by atoms with Crippen molar-refractivity contribution in [3.05, 3.63) is 44.6 Å². The predicted octanol–water partition coefficient (Wildman–Crippen LogP) is 4.44. The third-order valence-corrected chi connectivity index (χ3v) is 4.59. The first-order valence-electron chi connectivity index (χ1n) is 6.86. The number of rotatable bonds is 4. The van der Waals surface area contributed by atoms with Gasteiger partial charge in [0.1, 0.15) is 5.82 Å². The zero-order chi connectivity index (χ0) is 15.6. The number of halogens is 2. The van der Waals surface area contributed by atoms with Gasteiger partial charge in [0.05, 0.1) is 21.1 Å². The highest BCUT2D eigenvalue weighted by Crippen LogP contribution is 2.35. The van der Waals surface area contributed by atoms with Gasteiger partial charge in [0.25, 0.3) is 0 Å². The van der Waals surface area contributed by atoms with E-state index in [4.69, 9.17) is 0 Å². The Hall–Kier alpha value is -0.850. The summed E-state index contributed by atoms with van der Waals surface area (Å²) in [6.45, 7) is 9.01. The largest absolute Gasteiger partial charge is 0.306 e. The summed E-state index contributed by atoms with van der Waals surface area (Å²) >= 11 is 4.58. The molecule has 2 aromatic rings. The molecular formula is C15H19BrFN3S. The fraction of sp³-hybridized carbons (Fsp3) is 0.467. The lowest BCUT2D eigenvalue weighted by molar-refractivity contribution is 0.527. The lowest BCUT2D eigenvalue weighted by Gasteiger charge is -2.23. The molecule has 0 spiro atoms. The molecule has 2 rings (SSSR count). The fourth-order valence-corrected chi connectivity index (χ4v) is 3.54. The molecule has 0 bridgehead atoms. The molecule has 1 N–H and O–H groups in total. The number of nitrogens with zero attached hydrogens (tertiary/aromatic N) is 2. The molecule has 114 valence electrons. The van der Waals surface area contributed by atoms with Crippen molar-refractivity contribution in [2.45, 2.75) is 39.2 Å². The van der Waals surface area contributed by atoms with Crippen molar-refractivity contribution in [1.82, 2.24) is 14.9 Å². The van der Waals surface area contributed by atoms with E-state index in [0.717, 1.165) is 17.1 Å². The summed E-state index contributed by atoms with van der Waals surface area (Å²) in [6.07, 6.45) is 0. The van der Waals surface area contributed by atoms with Crippen LogP contribution in [0.3, 0.4) is 0 Å². The first kappa shape index (κ1) is 16.5. The maximum Gasteiger partial charge on any atom is 0.142 e. The van der Waals surface area contributed by atoms with E-state index in [0.29, 0.717) is 10.0 Å². The molecule has 21 heavy (non-hydrogen) atoms. The van der Waals surface area contributed by atoms with E-state index in [1.54, 1.807) is 12.1 Å². The topological polar surface area (TPSA) is 37.8 Å². The molecule has 1 heterocycles. The van der Waals surface area contributed by atoms with Crippen molar-refractivity contribution in [3.63, 3.8) is 0 Å². The second-order valence-electron chi connectivity index (χ2n) is 5.87. The molecule has 1 aromatic heterocycles. The van der Waals surface area contributed by atoms with Crippen molar-refractivity contribution in [1.29, 1.82) is 0 Å². The minimum absolute atomic E-state index is 0.126. The standard InChI is InChI=1S/C15H19BrFN3S/c1-5-18-12(9-7-6-8-10(16)11(9)17)13-14(15(2,3)4)19-20-21-13/h6-8,12,18H,5H2,1-4H3. The Morgan fingerprint density at radius 1 is 1.38 bits per heavy atom. The van der Waals surface area contributed by atoms with Gasteiger partial charge >= 0.3 is 0 Å². The van der Waals surface area contributed by atoms with E-state index in [1.165, 1.54) is 11.5 Å². The normalized spacial score (nSPS) is 13.4. The predicted molar refractivity (Wildman–Crippen MR) is 88.2 cm³/mol. The van der Waals surface area contributed by atoms with E-state index in [1.807, 2.05) is 13.0 Å². The van der Waals surface area contributed by atoms with E-state index in [2.05, 4.69) is 51.6 Å². The van der Waals surface area contributed by atoms with Crippen LogP contribution in [0.5, 0.6) is 0 Å². The average molecular weight is 372 g/mol. The second-order valence-corrected chi connectivity index (χ2v) is 7.51. The summed E-state index contributed by atoms with van der Waals surface area (Å²) < 4.78 is 19.0. The number of aromatic nitrogens is 2. The second kappa shape index (κ2) is 6.50. The number of benzene rings is 1. The summed E-state index contributed by atoms with van der Waals surface area (Å²) in [5.74, 6) is -0.239. The summed E-state index contributed by atoms with van der Waals surface area (Å²) in [6, 6.07) is 5.12. The van der Waals surface area contributed by atoms with Gasteiger partial charge in [-0.2, -0.15) is 0 Å². The van der Waals surface area contributed by atoms with Crippen LogP contribution in [-0.4, -0.2) is 16.1 Å². The van der Waals surface area contributed by atoms with Crippen molar-refractivity contribution in [3.8, 4) is 0 Å². The summed E-state index contributed by atoms with van der Waals surface area (Å²) in [4.78, 5) is 0.973. The molecule has 0 saturated heterocycles. The van der Waals surface area contributed by atoms with E-state index in [9.17, 15) is 4.39 Å². The van der Waals surface area contributed by atoms with Gasteiger partial charge in [-0.05, 0) is 40.1 Å². The SMILES string of the molecule is CCNC(c1cccc(Br)c1F)c1snnc1C(C)(C)C. The van der Waals surface area contributed by atoms with Crippen molar-refractivity contribution in [2.75, 3.05) is 6.54 Å². The quantitative estimate of drug-likeness (QED) is 0.863. The van der Waals surface area contributed by atoms with Gasteiger partial charge in [0.15, 0.2) is 0 Å². The molecule has 0 radical (unpaired) electrons. The molecule has 3 nitrogen and oxygen atoms in total. The van der Waals surface area contributed by atoms with Crippen LogP contribution < -0.4 is 5.32 Å². The highest BCUT2D eigenvalue weighted by Gasteiger charge is 2.29. The Labute approximate surface area is 137 Å². The van der Waals surface area contributed by atoms with E-state index >= 15 is 0 Å². The maximum absolute atomic E-state index is 14.5. The first-order valence-corrected chi connectivity index (χ1v) is 8.43. The lowest BCUT2D eigenvalue weighted by atomic mass is 9.88. The molecule has 0 aliphatic rings. The molecule has 6 heteroatoms. The smallest absolute Gasteiger partial charge is 0.142 e. The van der Waals surface area contributed by atoms with Crippen LogP contribution >= 0.6 is 27.5 Å². The molecule has 1 unspecified atom stereocenters. The highest BCUT2D eigenvalue weighted by atomic mass is 79.9. The molecule has 0 saturated carbocycles. The zero-order valence-electron chi connectivity index (χ0n) is 12.6. The molecule has 0 amide bonds. The number of nitrogens with one attached hydrogen (secondary N) is 1. The lowest BCUT2D eigenvalue weighted by Crippen LogP contribution is -2.26. The molecule has 0 aliphatic heterocycles. The van der Waals surface area contributed by atoms with Gasteiger partial charge in [-0.25, -0.2) is 4.39 Å². The third-order valence-electron chi connectivity index (χ3n) is 3.19. The van der Waals surface area contributed by atoms with Gasteiger partial charge in [0, 0.05) is 11.0 Å². The molecule has 0 fully saturated rings. The van der Waals surface area contributed by atoms with Crippen molar-refractivity contribution in [2.24, 2.45) is 0 Å². The van der Waals surface area contributed by atoms with Crippen LogP contribution in [0, 0.1) is 5.82 Å². The van der Waals surface area contributed by atoms with Crippen LogP contribution in [-0.2, 0) is 5.41 Å². The van der Waals surface area contributed by atoms with Gasteiger partial charge in [0.2, 0.25) is 0 Å². The van der Waals surface area contributed by atoms with E-state index in [-0.39, 0.29) is 17.3 Å². The minimum atomic E-state index is -0.239. The number of hydrogen-bond acceptors (Lipinski definition) is 4. The maximum atomic E-state index is 14.5. The van der Waals surface area contributed by atoms with Crippen molar-refractivity contribution >= 4 is 27.5 Å². The van der Waals surface area contributed by atoms with Gasteiger partial charge < -0.3 is 5.32 Å². The van der Waals surface area contributed by atoms with Crippen molar-refractivity contribution < 1.29 is 4.39 Å². The Kier molecular flexibility index (Phi) is 5.11. The van der Waals surface area contributed by atoms with Crippen LogP contribution in [0.15, 0.2) is 22.7 Å². The highest BCUT2D eigenvalue weighted by molar-refractivity contribution is 9.10. The van der Waals surface area contributed by atoms with Crippen LogP contribution in [0.4, 0.5) is 4.39 Å². The van der Waals surface area contributed by atoms with Crippen LogP contribution in [0.25, 0.3) is 0 Å². The Morgan fingerprint density at radius 2 is 2.10 bits per heavy atom. The van der Waals surface area contributed by atoms with Gasteiger partial charge in [-0.3, -0.25) is 0 Å². The summed E-state index contributed by atoms with van der Waals surface area (Å²) in [5, 5.41) is 7.61. The monoisotopic (exact) mass is 371 g/mol. The third kappa shape index (κ3) is 3.49. The fourth-order valence-electron chi connectivity index (χ4n) is 2.20. The molecule has 0 aliphatic carbocycles. The van der Waals surface area contributed by atoms with Gasteiger partial charge in [-0.15, -0.1) is 5.10 Å². The molecule has 1 aromatic carbocycles. The van der Waals surface area contributed by atoms with Crippen LogP contribution in [0.1, 0.15) is 49.9 Å². The average Bonchev–Trinajstić information content (AvgIpc) is 2.89. The summed E-state index contributed by atoms with van der Waals surface area (Å²) in [7, 11) is 0. The van der Waals surface area contributed by atoms with Gasteiger partial charge in [-0.1, -0.05) is 44.3 Å². The Bertz CT molecular complexity index is 622. The Balaban J connectivity index is 2.55. The Morgan fingerprint density at radius 3 is 2.71 bits per heavy atom.